The minimum atomic E-state index is 0.336. The zero-order valence-corrected chi connectivity index (χ0v) is 11.3. The van der Waals surface area contributed by atoms with Crippen LogP contribution < -0.4 is 5.73 Å². The molecule has 0 aliphatic heterocycles. The van der Waals surface area contributed by atoms with Crippen LogP contribution in [0.2, 0.25) is 5.02 Å². The maximum absolute atomic E-state index is 5.99. The number of thiocarbonyl (C=S) groups is 1. The number of nitrogens with two attached hydrogens (primary N) is 1. The molecule has 2 N–H and O–H groups in total. The van der Waals surface area contributed by atoms with E-state index in [9.17, 15) is 0 Å². The Morgan fingerprint density at radius 1 is 1.35 bits per heavy atom. The normalized spacial score (nSPS) is 11.1. The van der Waals surface area contributed by atoms with Crippen LogP contribution in [-0.4, -0.2) is 9.97 Å². The lowest BCUT2D eigenvalue weighted by Gasteiger charge is -2.11. The van der Waals surface area contributed by atoms with Crippen LogP contribution >= 0.6 is 23.8 Å². The van der Waals surface area contributed by atoms with E-state index in [0.29, 0.717) is 15.9 Å². The summed E-state index contributed by atoms with van der Waals surface area (Å²) in [5.41, 5.74) is 8.47. The molecule has 1 aromatic carbocycles. The fraction of sp³-hybridized carbons (Fsp3) is 0.231. The van der Waals surface area contributed by atoms with Crippen LogP contribution in [0.5, 0.6) is 0 Å². The SMILES string of the molecule is CC(C)c1cc(C(N)=S)c2cc(Cl)ccc2n1. The Morgan fingerprint density at radius 3 is 2.65 bits per heavy atom. The lowest BCUT2D eigenvalue weighted by atomic mass is 10.0. The molecule has 0 aliphatic rings. The van der Waals surface area contributed by atoms with Crippen LogP contribution in [-0.2, 0) is 0 Å². The number of fused-ring (bicyclic) bond motifs is 1. The average Bonchev–Trinajstić information content (AvgIpc) is 2.27. The van der Waals surface area contributed by atoms with Crippen molar-refractivity contribution in [2.75, 3.05) is 0 Å². The molecule has 1 aromatic heterocycles. The Morgan fingerprint density at radius 2 is 2.06 bits per heavy atom. The summed E-state index contributed by atoms with van der Waals surface area (Å²) < 4.78 is 0. The number of nitrogens with zero attached hydrogens (tertiary/aromatic N) is 1. The second-order valence-electron chi connectivity index (χ2n) is 4.28. The fourth-order valence-electron chi connectivity index (χ4n) is 1.72. The van der Waals surface area contributed by atoms with Gasteiger partial charge in [0.05, 0.1) is 5.52 Å². The summed E-state index contributed by atoms with van der Waals surface area (Å²) in [6.45, 7) is 4.18. The molecule has 0 amide bonds. The predicted octanol–water partition coefficient (Wildman–Crippen LogP) is 3.65. The minimum absolute atomic E-state index is 0.336. The van der Waals surface area contributed by atoms with Crippen LogP contribution in [0.4, 0.5) is 0 Å². The summed E-state index contributed by atoms with van der Waals surface area (Å²) in [6, 6.07) is 7.52. The van der Waals surface area contributed by atoms with Crippen LogP contribution in [0.15, 0.2) is 24.3 Å². The molecule has 0 saturated carbocycles. The third kappa shape index (κ3) is 2.40. The van der Waals surface area contributed by atoms with Gasteiger partial charge in [-0.2, -0.15) is 0 Å². The number of hydrogen-bond acceptors (Lipinski definition) is 2. The van der Waals surface area contributed by atoms with Gasteiger partial charge in [-0.3, -0.25) is 4.98 Å². The summed E-state index contributed by atoms with van der Waals surface area (Å²) in [4.78, 5) is 4.96. The molecule has 0 fully saturated rings. The van der Waals surface area contributed by atoms with Crippen molar-refractivity contribution in [3.63, 3.8) is 0 Å². The summed E-state index contributed by atoms with van der Waals surface area (Å²) >= 11 is 11.1. The van der Waals surface area contributed by atoms with E-state index < -0.39 is 0 Å². The highest BCUT2D eigenvalue weighted by atomic mass is 35.5. The Labute approximate surface area is 111 Å². The number of pyridine rings is 1. The maximum Gasteiger partial charge on any atom is 0.104 e. The summed E-state index contributed by atoms with van der Waals surface area (Å²) in [5.74, 6) is 0.336. The number of hydrogen-bond donors (Lipinski definition) is 1. The zero-order valence-electron chi connectivity index (χ0n) is 9.70. The Hall–Kier alpha value is -1.19. The smallest absolute Gasteiger partial charge is 0.104 e. The van der Waals surface area contributed by atoms with Crippen molar-refractivity contribution < 1.29 is 0 Å². The second kappa shape index (κ2) is 4.59. The molecule has 17 heavy (non-hydrogen) atoms. The Balaban J connectivity index is 2.81. The first-order valence-corrected chi connectivity index (χ1v) is 6.17. The molecule has 2 aromatic rings. The van der Waals surface area contributed by atoms with Gasteiger partial charge in [-0.1, -0.05) is 37.7 Å². The molecular formula is C13H13ClN2S. The lowest BCUT2D eigenvalue weighted by Crippen LogP contribution is -2.11. The molecule has 1 heterocycles. The first-order valence-electron chi connectivity index (χ1n) is 5.39. The van der Waals surface area contributed by atoms with Gasteiger partial charge in [-0.25, -0.2) is 0 Å². The lowest BCUT2D eigenvalue weighted by molar-refractivity contribution is 0.829. The fourth-order valence-corrected chi connectivity index (χ4v) is 2.06. The highest BCUT2D eigenvalue weighted by Crippen LogP contribution is 2.25. The van der Waals surface area contributed by atoms with Crippen molar-refractivity contribution in [1.82, 2.24) is 4.98 Å². The standard InChI is InChI=1S/C13H13ClN2S/c1-7(2)12-6-10(13(15)17)9-5-8(14)3-4-11(9)16-12/h3-7H,1-2H3,(H2,15,17). The molecule has 0 atom stereocenters. The molecule has 0 radical (unpaired) electrons. The Bertz CT molecular complexity index is 593. The van der Waals surface area contributed by atoms with Gasteiger partial charge >= 0.3 is 0 Å². The van der Waals surface area contributed by atoms with Crippen LogP contribution in [0, 0.1) is 0 Å². The molecule has 0 saturated heterocycles. The number of halogens is 1. The first kappa shape index (κ1) is 12.3. The maximum atomic E-state index is 5.99. The van der Waals surface area contributed by atoms with E-state index in [0.717, 1.165) is 22.2 Å². The van der Waals surface area contributed by atoms with Crippen molar-refractivity contribution in [3.05, 3.63) is 40.5 Å². The third-order valence-corrected chi connectivity index (χ3v) is 3.10. The quantitative estimate of drug-likeness (QED) is 0.842. The predicted molar refractivity (Wildman–Crippen MR) is 76.7 cm³/mol. The Kier molecular flexibility index (Phi) is 3.31. The topological polar surface area (TPSA) is 38.9 Å². The van der Waals surface area contributed by atoms with Gasteiger partial charge in [0.25, 0.3) is 0 Å². The molecular weight excluding hydrogens is 252 g/mol. The van der Waals surface area contributed by atoms with Crippen molar-refractivity contribution >= 4 is 39.7 Å². The number of benzene rings is 1. The van der Waals surface area contributed by atoms with Crippen molar-refractivity contribution in [3.8, 4) is 0 Å². The molecule has 0 bridgehead atoms. The van der Waals surface area contributed by atoms with Crippen molar-refractivity contribution in [2.45, 2.75) is 19.8 Å². The van der Waals surface area contributed by atoms with Gasteiger partial charge in [0.15, 0.2) is 0 Å². The second-order valence-corrected chi connectivity index (χ2v) is 5.15. The first-order chi connectivity index (χ1) is 7.99. The van der Waals surface area contributed by atoms with E-state index in [1.54, 1.807) is 0 Å². The van der Waals surface area contributed by atoms with Gasteiger partial charge in [-0.15, -0.1) is 0 Å². The molecule has 4 heteroatoms. The minimum Gasteiger partial charge on any atom is -0.389 e. The summed E-state index contributed by atoms with van der Waals surface area (Å²) in [5, 5.41) is 1.57. The van der Waals surface area contributed by atoms with Crippen molar-refractivity contribution in [1.29, 1.82) is 0 Å². The summed E-state index contributed by atoms with van der Waals surface area (Å²) in [6.07, 6.45) is 0. The average molecular weight is 265 g/mol. The van der Waals surface area contributed by atoms with Gasteiger partial charge in [0, 0.05) is 21.7 Å². The van der Waals surface area contributed by atoms with Gasteiger partial charge in [0.2, 0.25) is 0 Å². The summed E-state index contributed by atoms with van der Waals surface area (Å²) in [7, 11) is 0. The molecule has 0 spiro atoms. The highest BCUT2D eigenvalue weighted by molar-refractivity contribution is 7.80. The van der Waals surface area contributed by atoms with Crippen LogP contribution in [0.25, 0.3) is 10.9 Å². The van der Waals surface area contributed by atoms with Gasteiger partial charge < -0.3 is 5.73 Å². The molecule has 0 aliphatic carbocycles. The van der Waals surface area contributed by atoms with Crippen molar-refractivity contribution in [2.24, 2.45) is 5.73 Å². The van der Waals surface area contributed by atoms with Crippen LogP contribution in [0.1, 0.15) is 31.0 Å². The monoisotopic (exact) mass is 264 g/mol. The third-order valence-electron chi connectivity index (χ3n) is 2.65. The van der Waals surface area contributed by atoms with E-state index in [2.05, 4.69) is 18.8 Å². The molecule has 2 rings (SSSR count). The van der Waals surface area contributed by atoms with Gasteiger partial charge in [-0.05, 0) is 30.2 Å². The molecule has 2 nitrogen and oxygen atoms in total. The van der Waals surface area contributed by atoms with Crippen LogP contribution in [0.3, 0.4) is 0 Å². The van der Waals surface area contributed by atoms with Gasteiger partial charge in [0.1, 0.15) is 4.99 Å². The zero-order chi connectivity index (χ0) is 12.6. The van der Waals surface area contributed by atoms with E-state index in [4.69, 9.17) is 29.6 Å². The van der Waals surface area contributed by atoms with E-state index in [1.165, 1.54) is 0 Å². The largest absolute Gasteiger partial charge is 0.389 e. The number of rotatable bonds is 2. The van der Waals surface area contributed by atoms with E-state index in [-0.39, 0.29) is 0 Å². The number of aromatic nitrogens is 1. The van der Waals surface area contributed by atoms with E-state index in [1.807, 2.05) is 24.3 Å². The molecule has 0 unspecified atom stereocenters. The highest BCUT2D eigenvalue weighted by Gasteiger charge is 2.10. The molecule has 88 valence electrons. The van der Waals surface area contributed by atoms with E-state index >= 15 is 0 Å².